The monoisotopic (exact) mass is 380 g/mol. The highest BCUT2D eigenvalue weighted by Gasteiger charge is 2.12. The average Bonchev–Trinajstić information content (AvgIpc) is 2.68. The van der Waals surface area contributed by atoms with Gasteiger partial charge in [-0.2, -0.15) is 4.84 Å². The molecule has 2 aromatic carbocycles. The Balaban J connectivity index is 0.00000261. The van der Waals surface area contributed by atoms with E-state index >= 15 is 0 Å². The summed E-state index contributed by atoms with van der Waals surface area (Å²) in [6.07, 6.45) is 7.51. The molecule has 0 saturated heterocycles. The Hall–Kier alpha value is -3.11. The maximum Gasteiger partial charge on any atom is 0.411 e. The Bertz CT molecular complexity index is 890. The number of anilines is 1. The zero-order valence-electron chi connectivity index (χ0n) is 15.2. The largest absolute Gasteiger partial charge is 1.00 e. The van der Waals surface area contributed by atoms with Gasteiger partial charge in [-0.3, -0.25) is 0 Å². The summed E-state index contributed by atoms with van der Waals surface area (Å²) in [6.45, 7) is 0. The summed E-state index contributed by atoms with van der Waals surface area (Å²) in [5.74, 6) is -0.389. The van der Waals surface area contributed by atoms with E-state index < -0.39 is 0 Å². The summed E-state index contributed by atoms with van der Waals surface area (Å²) in [7, 11) is 4.04. The molecule has 0 aliphatic rings. The first kappa shape index (κ1) is 20.2. The molecule has 0 unspecified atom stereocenters. The van der Waals surface area contributed by atoms with Crippen molar-refractivity contribution in [3.63, 3.8) is 0 Å². The summed E-state index contributed by atoms with van der Waals surface area (Å²) in [6, 6.07) is 21.0. The van der Waals surface area contributed by atoms with Crippen molar-refractivity contribution in [2.45, 2.75) is 0 Å². The lowest BCUT2D eigenvalue weighted by Crippen LogP contribution is -3.00. The highest BCUT2D eigenvalue weighted by atomic mass is 35.5. The van der Waals surface area contributed by atoms with E-state index in [9.17, 15) is 4.79 Å². The first-order valence-electron chi connectivity index (χ1n) is 8.36. The molecule has 1 aromatic heterocycles. The highest BCUT2D eigenvalue weighted by molar-refractivity contribution is 5.89. The van der Waals surface area contributed by atoms with Gasteiger partial charge in [0.2, 0.25) is 12.4 Å². The van der Waals surface area contributed by atoms with E-state index in [1.54, 1.807) is 36.7 Å². The van der Waals surface area contributed by atoms with Crippen LogP contribution < -0.4 is 26.9 Å². The Morgan fingerprint density at radius 1 is 0.852 bits per heavy atom. The third-order valence-corrected chi connectivity index (χ3v) is 3.90. The standard InChI is InChI=1S/C22H21N2O2.ClH/c1-23(2)21-12-10-18(11-13-21)8-9-19-14-16-24(17-15-19)26-22(25)20-6-4-3-5-7-20;/h3-17H,1-2H3;1H/q+1;/p-1. The minimum absolute atomic E-state index is 0. The number of pyridine rings is 1. The van der Waals surface area contributed by atoms with E-state index in [0.717, 1.165) is 11.1 Å². The van der Waals surface area contributed by atoms with Crippen molar-refractivity contribution in [3.8, 4) is 0 Å². The van der Waals surface area contributed by atoms with E-state index in [4.69, 9.17) is 4.84 Å². The predicted molar refractivity (Wildman–Crippen MR) is 104 cm³/mol. The fourth-order valence-corrected chi connectivity index (χ4v) is 2.39. The van der Waals surface area contributed by atoms with Crippen molar-refractivity contribution in [2.24, 2.45) is 0 Å². The second-order valence-electron chi connectivity index (χ2n) is 6.06. The fraction of sp³-hybridized carbons (Fsp3) is 0.0909. The molecule has 5 heteroatoms. The van der Waals surface area contributed by atoms with Crippen LogP contribution in [0.4, 0.5) is 5.69 Å². The van der Waals surface area contributed by atoms with Crippen molar-refractivity contribution in [1.82, 2.24) is 0 Å². The quantitative estimate of drug-likeness (QED) is 0.604. The molecular weight excluding hydrogens is 360 g/mol. The second kappa shape index (κ2) is 9.55. The molecule has 0 saturated carbocycles. The molecule has 0 spiro atoms. The molecule has 0 amide bonds. The number of carbonyl (C=O) groups excluding carboxylic acids is 1. The summed E-state index contributed by atoms with van der Waals surface area (Å²) < 4.78 is 1.40. The highest BCUT2D eigenvalue weighted by Crippen LogP contribution is 2.14. The number of hydrogen-bond acceptors (Lipinski definition) is 3. The molecule has 3 aromatic rings. The van der Waals surface area contributed by atoms with Gasteiger partial charge in [-0.15, -0.1) is 0 Å². The first-order chi connectivity index (χ1) is 12.6. The maximum atomic E-state index is 12.0. The fourth-order valence-electron chi connectivity index (χ4n) is 2.39. The van der Waals surface area contributed by atoms with E-state index in [0.29, 0.717) is 5.56 Å². The van der Waals surface area contributed by atoms with Crippen LogP contribution in [0.2, 0.25) is 0 Å². The van der Waals surface area contributed by atoms with Crippen LogP contribution in [0.3, 0.4) is 0 Å². The van der Waals surface area contributed by atoms with Gasteiger partial charge in [-0.05, 0) is 35.4 Å². The molecule has 4 nitrogen and oxygen atoms in total. The number of halogens is 1. The van der Waals surface area contributed by atoms with Gasteiger partial charge in [0.25, 0.3) is 0 Å². The smallest absolute Gasteiger partial charge is 0.411 e. The molecule has 0 bridgehead atoms. The number of hydrogen-bond donors (Lipinski definition) is 0. The predicted octanol–water partition coefficient (Wildman–Crippen LogP) is 0.484. The lowest BCUT2D eigenvalue weighted by atomic mass is 10.1. The van der Waals surface area contributed by atoms with Gasteiger partial charge < -0.3 is 17.3 Å². The summed E-state index contributed by atoms with van der Waals surface area (Å²) >= 11 is 0. The number of rotatable bonds is 5. The van der Waals surface area contributed by atoms with Crippen LogP contribution in [0.5, 0.6) is 0 Å². The van der Waals surface area contributed by atoms with Crippen LogP contribution >= 0.6 is 0 Å². The summed E-state index contributed by atoms with van der Waals surface area (Å²) in [5, 5.41) is 0. The van der Waals surface area contributed by atoms with Crippen molar-refractivity contribution < 1.29 is 26.8 Å². The van der Waals surface area contributed by atoms with E-state index in [1.807, 2.05) is 38.4 Å². The molecule has 0 radical (unpaired) electrons. The van der Waals surface area contributed by atoms with Gasteiger partial charge in [0.05, 0.1) is 5.56 Å². The van der Waals surface area contributed by atoms with Gasteiger partial charge >= 0.3 is 5.97 Å². The molecule has 0 aliphatic carbocycles. The van der Waals surface area contributed by atoms with Crippen LogP contribution in [0.25, 0.3) is 12.2 Å². The maximum absolute atomic E-state index is 12.0. The molecule has 0 aliphatic heterocycles. The van der Waals surface area contributed by atoms with Crippen LogP contribution in [0, 0.1) is 0 Å². The van der Waals surface area contributed by atoms with Crippen molar-refractivity contribution in [2.75, 3.05) is 19.0 Å². The number of nitrogens with zero attached hydrogens (tertiary/aromatic N) is 2. The normalized spacial score (nSPS) is 10.3. The van der Waals surface area contributed by atoms with Crippen molar-refractivity contribution in [3.05, 3.63) is 95.8 Å². The van der Waals surface area contributed by atoms with Crippen LogP contribution in [0.1, 0.15) is 21.5 Å². The Kier molecular flexibility index (Phi) is 7.15. The van der Waals surface area contributed by atoms with Crippen LogP contribution in [-0.2, 0) is 0 Å². The Morgan fingerprint density at radius 2 is 1.41 bits per heavy atom. The van der Waals surface area contributed by atoms with Gasteiger partial charge in [0, 0.05) is 36.6 Å². The van der Waals surface area contributed by atoms with Gasteiger partial charge in [-0.1, -0.05) is 42.5 Å². The summed E-state index contributed by atoms with van der Waals surface area (Å²) in [4.78, 5) is 19.4. The molecule has 0 atom stereocenters. The molecule has 3 rings (SSSR count). The van der Waals surface area contributed by atoms with Gasteiger partial charge in [0.15, 0.2) is 0 Å². The molecular formula is C22H21ClN2O2. The first-order valence-corrected chi connectivity index (χ1v) is 8.36. The van der Waals surface area contributed by atoms with Gasteiger partial charge in [0.1, 0.15) is 0 Å². The van der Waals surface area contributed by atoms with E-state index in [1.165, 1.54) is 10.4 Å². The van der Waals surface area contributed by atoms with Crippen LogP contribution in [-0.4, -0.2) is 20.1 Å². The topological polar surface area (TPSA) is 33.4 Å². The number of aromatic nitrogens is 1. The molecule has 27 heavy (non-hydrogen) atoms. The molecule has 0 fully saturated rings. The minimum Gasteiger partial charge on any atom is -1.00 e. The number of benzene rings is 2. The minimum atomic E-state index is -0.389. The number of carbonyl (C=O) groups is 1. The molecule has 138 valence electrons. The lowest BCUT2D eigenvalue weighted by Gasteiger charge is -2.11. The van der Waals surface area contributed by atoms with Crippen molar-refractivity contribution in [1.29, 1.82) is 0 Å². The Labute approximate surface area is 165 Å². The Morgan fingerprint density at radius 3 is 1.96 bits per heavy atom. The zero-order valence-corrected chi connectivity index (χ0v) is 16.0. The van der Waals surface area contributed by atoms with E-state index in [2.05, 4.69) is 35.2 Å². The van der Waals surface area contributed by atoms with Crippen LogP contribution in [0.15, 0.2) is 79.1 Å². The SMILES string of the molecule is CN(C)c1ccc(C=Cc2cc[n+](OC(=O)c3ccccc3)cc2)cc1.[Cl-]. The third-order valence-electron chi connectivity index (χ3n) is 3.90. The summed E-state index contributed by atoms with van der Waals surface area (Å²) in [5.41, 5.74) is 3.84. The van der Waals surface area contributed by atoms with Gasteiger partial charge in [-0.25, -0.2) is 4.79 Å². The lowest BCUT2D eigenvalue weighted by molar-refractivity contribution is -0.868. The third kappa shape index (κ3) is 5.69. The van der Waals surface area contributed by atoms with Crippen molar-refractivity contribution >= 4 is 23.8 Å². The molecule has 0 N–H and O–H groups in total. The zero-order chi connectivity index (χ0) is 18.4. The average molecular weight is 381 g/mol. The molecule has 1 heterocycles. The van der Waals surface area contributed by atoms with E-state index in [-0.39, 0.29) is 18.4 Å². The second-order valence-corrected chi connectivity index (χ2v) is 6.06.